The number of rotatable bonds is 10. The molecule has 1 amide bonds. The zero-order valence-electron chi connectivity index (χ0n) is 19.5. The van der Waals surface area contributed by atoms with Crippen LogP contribution in [0.2, 0.25) is 0 Å². The first-order valence-corrected chi connectivity index (χ1v) is 11.7. The molecule has 3 heterocycles. The van der Waals surface area contributed by atoms with Gasteiger partial charge < -0.3 is 23.4 Å². The fraction of sp³-hybridized carbons (Fsp3) is 0.423. The number of hydrogen-bond donors (Lipinski definition) is 0. The van der Waals surface area contributed by atoms with Gasteiger partial charge in [-0.05, 0) is 43.4 Å². The topological polar surface area (TPSA) is 95.7 Å². The summed E-state index contributed by atoms with van der Waals surface area (Å²) in [5.41, 5.74) is 1.52. The van der Waals surface area contributed by atoms with E-state index in [0.717, 1.165) is 12.8 Å². The Morgan fingerprint density at radius 1 is 1.21 bits per heavy atom. The van der Waals surface area contributed by atoms with Crippen molar-refractivity contribution in [3.63, 3.8) is 0 Å². The minimum atomic E-state index is -0.0529. The highest BCUT2D eigenvalue weighted by molar-refractivity contribution is 5.79. The molecule has 4 rings (SSSR count). The van der Waals surface area contributed by atoms with Gasteiger partial charge in [-0.15, -0.1) is 0 Å². The summed E-state index contributed by atoms with van der Waals surface area (Å²) in [5.74, 6) is 1.34. The van der Waals surface area contributed by atoms with Crippen molar-refractivity contribution in [1.82, 2.24) is 9.88 Å². The summed E-state index contributed by atoms with van der Waals surface area (Å²) in [6.45, 7) is 3.08. The molecule has 1 fully saturated rings. The highest BCUT2D eigenvalue weighted by atomic mass is 16.5. The van der Waals surface area contributed by atoms with Crippen LogP contribution in [0.5, 0.6) is 0 Å². The molecule has 1 aliphatic rings. The number of carbonyl (C=O) groups is 1. The normalized spacial score (nSPS) is 14.2. The van der Waals surface area contributed by atoms with Gasteiger partial charge in [0.1, 0.15) is 6.07 Å². The molecule has 0 aliphatic carbocycles. The summed E-state index contributed by atoms with van der Waals surface area (Å²) in [4.78, 5) is 21.5. The Hall–Kier alpha value is -3.57. The number of methoxy groups -OCH3 is 1. The predicted octanol–water partition coefficient (Wildman–Crippen LogP) is 4.13. The lowest BCUT2D eigenvalue weighted by Gasteiger charge is -2.34. The number of anilines is 1. The van der Waals surface area contributed by atoms with E-state index in [2.05, 4.69) is 23.2 Å². The van der Waals surface area contributed by atoms with Gasteiger partial charge in [0.15, 0.2) is 5.76 Å². The number of aryl methyl sites for hydroxylation is 1. The van der Waals surface area contributed by atoms with Crippen LogP contribution < -0.4 is 4.90 Å². The molecule has 1 aliphatic heterocycles. The maximum atomic E-state index is 13.3. The first-order chi connectivity index (χ1) is 16.7. The monoisotopic (exact) mass is 462 g/mol. The van der Waals surface area contributed by atoms with E-state index >= 15 is 0 Å². The second-order valence-electron chi connectivity index (χ2n) is 8.43. The number of nitriles is 1. The summed E-state index contributed by atoms with van der Waals surface area (Å²) in [6.07, 6.45) is 4.79. The van der Waals surface area contributed by atoms with Crippen molar-refractivity contribution in [1.29, 1.82) is 5.26 Å². The van der Waals surface area contributed by atoms with Crippen molar-refractivity contribution in [2.75, 3.05) is 44.8 Å². The average Bonchev–Trinajstić information content (AvgIpc) is 3.56. The van der Waals surface area contributed by atoms with Gasteiger partial charge in [0.25, 0.3) is 5.89 Å². The largest absolute Gasteiger partial charge is 0.459 e. The molecular formula is C26H30N4O4. The number of benzene rings is 1. The highest BCUT2D eigenvalue weighted by Gasteiger charge is 2.31. The van der Waals surface area contributed by atoms with Crippen molar-refractivity contribution in [3.05, 3.63) is 60.0 Å². The molecule has 1 aromatic carbocycles. The minimum absolute atomic E-state index is 0.0529. The van der Waals surface area contributed by atoms with E-state index in [1.807, 2.05) is 28.0 Å². The van der Waals surface area contributed by atoms with E-state index in [1.54, 1.807) is 19.2 Å². The molecule has 1 saturated heterocycles. The maximum absolute atomic E-state index is 13.3. The fourth-order valence-corrected chi connectivity index (χ4v) is 4.34. The minimum Gasteiger partial charge on any atom is -0.459 e. The van der Waals surface area contributed by atoms with Gasteiger partial charge in [0, 0.05) is 39.2 Å². The van der Waals surface area contributed by atoms with Crippen molar-refractivity contribution in [2.45, 2.75) is 25.7 Å². The van der Waals surface area contributed by atoms with Crippen LogP contribution in [0.15, 0.2) is 57.6 Å². The van der Waals surface area contributed by atoms with Gasteiger partial charge in [-0.25, -0.2) is 0 Å². The van der Waals surface area contributed by atoms with Crippen LogP contribution >= 0.6 is 0 Å². The molecule has 0 saturated carbocycles. The standard InChI is InChI=1S/C26H30N4O4/c1-32-18-16-29(13-5-9-20-7-3-2-4-8-20)25(31)21-11-14-30(15-12-21)26-22(19-27)28-24(34-26)23-10-6-17-33-23/h2-4,6-8,10,17,21H,5,9,11-16,18H2,1H3. The fourth-order valence-electron chi connectivity index (χ4n) is 4.34. The smallest absolute Gasteiger partial charge is 0.266 e. The molecule has 178 valence electrons. The van der Waals surface area contributed by atoms with Gasteiger partial charge in [0.2, 0.25) is 17.5 Å². The molecule has 34 heavy (non-hydrogen) atoms. The molecule has 0 unspecified atom stereocenters. The highest BCUT2D eigenvalue weighted by Crippen LogP contribution is 2.31. The molecule has 0 atom stereocenters. The van der Waals surface area contributed by atoms with Crippen LogP contribution in [0.3, 0.4) is 0 Å². The molecule has 8 heteroatoms. The summed E-state index contributed by atoms with van der Waals surface area (Å²) in [7, 11) is 1.66. The molecular weight excluding hydrogens is 432 g/mol. The number of ether oxygens (including phenoxy) is 1. The molecule has 8 nitrogen and oxygen atoms in total. The van der Waals surface area contributed by atoms with Gasteiger partial charge in [-0.2, -0.15) is 10.2 Å². The molecule has 0 spiro atoms. The zero-order valence-corrected chi connectivity index (χ0v) is 19.5. The van der Waals surface area contributed by atoms with E-state index in [-0.39, 0.29) is 17.5 Å². The Kier molecular flexibility index (Phi) is 7.99. The predicted molar refractivity (Wildman–Crippen MR) is 127 cm³/mol. The SMILES string of the molecule is COCCN(CCCc1ccccc1)C(=O)C1CCN(c2oc(-c3ccco3)nc2C#N)CC1. The third-order valence-electron chi connectivity index (χ3n) is 6.19. The lowest BCUT2D eigenvalue weighted by Crippen LogP contribution is -2.44. The number of hydrogen-bond acceptors (Lipinski definition) is 7. The second kappa shape index (κ2) is 11.5. The first-order valence-electron chi connectivity index (χ1n) is 11.7. The zero-order chi connectivity index (χ0) is 23.8. The maximum Gasteiger partial charge on any atom is 0.266 e. The lowest BCUT2D eigenvalue weighted by atomic mass is 9.95. The number of piperidine rings is 1. The Labute approximate surface area is 199 Å². The number of oxazole rings is 1. The molecule has 2 aromatic heterocycles. The summed E-state index contributed by atoms with van der Waals surface area (Å²) < 4.78 is 16.5. The van der Waals surface area contributed by atoms with Gasteiger partial charge in [-0.1, -0.05) is 30.3 Å². The molecule has 0 radical (unpaired) electrons. The molecule has 0 bridgehead atoms. The van der Waals surface area contributed by atoms with Crippen molar-refractivity contribution in [2.24, 2.45) is 5.92 Å². The molecule has 3 aromatic rings. The van der Waals surface area contributed by atoms with Crippen molar-refractivity contribution in [3.8, 4) is 17.7 Å². The third kappa shape index (κ3) is 5.67. The number of aromatic nitrogens is 1. The lowest BCUT2D eigenvalue weighted by molar-refractivity contribution is -0.137. The summed E-state index contributed by atoms with van der Waals surface area (Å²) in [5, 5.41) is 9.52. The van der Waals surface area contributed by atoms with Gasteiger partial charge in [-0.3, -0.25) is 4.79 Å². The van der Waals surface area contributed by atoms with E-state index in [0.29, 0.717) is 63.2 Å². The Morgan fingerprint density at radius 3 is 2.68 bits per heavy atom. The Bertz CT molecular complexity index is 1080. The van der Waals surface area contributed by atoms with E-state index < -0.39 is 0 Å². The van der Waals surface area contributed by atoms with Crippen molar-refractivity contribution >= 4 is 11.8 Å². The van der Waals surface area contributed by atoms with Crippen LogP contribution in [0.25, 0.3) is 11.7 Å². The van der Waals surface area contributed by atoms with Crippen LogP contribution in [0, 0.1) is 17.2 Å². The third-order valence-corrected chi connectivity index (χ3v) is 6.19. The van der Waals surface area contributed by atoms with Crippen LogP contribution in [-0.4, -0.2) is 55.7 Å². The van der Waals surface area contributed by atoms with Crippen molar-refractivity contribution < 1.29 is 18.4 Å². The van der Waals surface area contributed by atoms with Gasteiger partial charge >= 0.3 is 0 Å². The van der Waals surface area contributed by atoms with Crippen LogP contribution in [0.4, 0.5) is 5.88 Å². The quantitative estimate of drug-likeness (QED) is 0.447. The van der Waals surface area contributed by atoms with Crippen LogP contribution in [-0.2, 0) is 16.0 Å². The van der Waals surface area contributed by atoms with E-state index in [1.165, 1.54) is 11.8 Å². The van der Waals surface area contributed by atoms with Crippen LogP contribution in [0.1, 0.15) is 30.5 Å². The average molecular weight is 463 g/mol. The number of nitrogens with zero attached hydrogens (tertiary/aromatic N) is 4. The van der Waals surface area contributed by atoms with E-state index in [9.17, 15) is 10.1 Å². The molecule has 0 N–H and O–H groups in total. The Morgan fingerprint density at radius 2 is 2.00 bits per heavy atom. The Balaban J connectivity index is 1.35. The number of furan rings is 1. The van der Waals surface area contributed by atoms with Gasteiger partial charge in [0.05, 0.1) is 12.9 Å². The second-order valence-corrected chi connectivity index (χ2v) is 8.43. The summed E-state index contributed by atoms with van der Waals surface area (Å²) in [6, 6.07) is 15.9. The summed E-state index contributed by atoms with van der Waals surface area (Å²) >= 11 is 0. The number of carbonyl (C=O) groups excluding carboxylic acids is 1. The number of amides is 1. The van der Waals surface area contributed by atoms with E-state index in [4.69, 9.17) is 13.6 Å². The first kappa shape index (κ1) is 23.6.